The molecular formula is C27H20N6O3S. The number of aromatic nitrogens is 3. The summed E-state index contributed by atoms with van der Waals surface area (Å²) in [6.45, 7) is 0. The van der Waals surface area contributed by atoms with Crippen LogP contribution < -0.4 is 10.9 Å². The van der Waals surface area contributed by atoms with Crippen molar-refractivity contribution in [1.29, 1.82) is 0 Å². The number of nitro groups is 1. The van der Waals surface area contributed by atoms with Gasteiger partial charge in [-0.3, -0.25) is 30.7 Å². The maximum Gasteiger partial charge on any atom is 0.345 e. The molecule has 9 nitrogen and oxygen atoms in total. The fourth-order valence-electron chi connectivity index (χ4n) is 3.94. The highest BCUT2D eigenvalue weighted by atomic mass is 32.2. The van der Waals surface area contributed by atoms with Gasteiger partial charge in [-0.2, -0.15) is 0 Å². The summed E-state index contributed by atoms with van der Waals surface area (Å²) in [7, 11) is 0. The van der Waals surface area contributed by atoms with Crippen molar-refractivity contribution in [3.8, 4) is 0 Å². The highest BCUT2D eigenvalue weighted by Crippen LogP contribution is 2.38. The van der Waals surface area contributed by atoms with Gasteiger partial charge in [0.1, 0.15) is 6.33 Å². The molecule has 0 atom stereocenters. The van der Waals surface area contributed by atoms with E-state index in [0.717, 1.165) is 28.3 Å². The van der Waals surface area contributed by atoms with E-state index >= 15 is 0 Å². The zero-order chi connectivity index (χ0) is 25.6. The van der Waals surface area contributed by atoms with Crippen LogP contribution in [0.25, 0.3) is 10.9 Å². The third-order valence-corrected chi connectivity index (χ3v) is 6.65. The first kappa shape index (κ1) is 23.9. The molecule has 1 amide bonds. The minimum absolute atomic E-state index is 0.121. The number of fused-ring (bicyclic) bond motifs is 1. The molecule has 0 unspecified atom stereocenters. The van der Waals surface area contributed by atoms with E-state index in [-0.39, 0.29) is 16.5 Å². The van der Waals surface area contributed by atoms with Crippen molar-refractivity contribution >= 4 is 40.1 Å². The van der Waals surface area contributed by atoms with Gasteiger partial charge in [-0.25, -0.2) is 9.97 Å². The molecule has 3 aromatic carbocycles. The average molecular weight is 509 g/mol. The molecule has 2 N–H and O–H groups in total. The van der Waals surface area contributed by atoms with E-state index < -0.39 is 16.7 Å². The van der Waals surface area contributed by atoms with Crippen LogP contribution in [0.4, 0.5) is 11.5 Å². The maximum absolute atomic E-state index is 13.3. The Labute approximate surface area is 216 Å². The van der Waals surface area contributed by atoms with Crippen LogP contribution in [0.2, 0.25) is 0 Å². The van der Waals surface area contributed by atoms with E-state index in [1.807, 2.05) is 91.0 Å². The fraction of sp³-hybridized carbons (Fsp3) is 0.0370. The van der Waals surface area contributed by atoms with Crippen LogP contribution in [0.3, 0.4) is 0 Å². The van der Waals surface area contributed by atoms with E-state index in [1.54, 1.807) is 6.20 Å². The summed E-state index contributed by atoms with van der Waals surface area (Å²) in [6, 6.07) is 27.9. The summed E-state index contributed by atoms with van der Waals surface area (Å²) in [6.07, 6.45) is 2.88. The van der Waals surface area contributed by atoms with Gasteiger partial charge in [0.05, 0.1) is 16.4 Å². The SMILES string of the molecule is O=C(NNc1ncnc(Sc2cccc3cccnc23)c1[N+](=O)[O-])C(c1ccccc1)c1ccccc1. The number of para-hydroxylation sites is 1. The Kier molecular flexibility index (Phi) is 7.00. The summed E-state index contributed by atoms with van der Waals surface area (Å²) in [5, 5.41) is 13.1. The Bertz CT molecular complexity index is 1520. The number of carbonyl (C=O) groups is 1. The number of amides is 1. The third kappa shape index (κ3) is 5.24. The van der Waals surface area contributed by atoms with Crippen molar-refractivity contribution in [2.24, 2.45) is 0 Å². The van der Waals surface area contributed by atoms with E-state index in [0.29, 0.717) is 10.4 Å². The van der Waals surface area contributed by atoms with Crippen LogP contribution in [0.5, 0.6) is 0 Å². The van der Waals surface area contributed by atoms with Crippen LogP contribution >= 0.6 is 11.8 Å². The standard InChI is InChI=1S/C27H20N6O3S/c34-26(22(18-9-3-1-4-10-18)19-11-5-2-6-12-19)32-31-25-24(33(35)36)27(30-17-29-25)37-21-15-7-13-20-14-8-16-28-23(20)21/h1-17,22H,(H,32,34)(H,29,30,31). The zero-order valence-corrected chi connectivity index (χ0v) is 20.1. The number of anilines is 1. The van der Waals surface area contributed by atoms with Gasteiger partial charge in [0, 0.05) is 16.5 Å². The quantitative estimate of drug-likeness (QED) is 0.163. The first-order valence-electron chi connectivity index (χ1n) is 11.3. The molecule has 0 bridgehead atoms. The Morgan fingerprint density at radius 1 is 0.838 bits per heavy atom. The van der Waals surface area contributed by atoms with Gasteiger partial charge in [0.15, 0.2) is 5.03 Å². The van der Waals surface area contributed by atoms with Crippen molar-refractivity contribution in [1.82, 2.24) is 20.4 Å². The highest BCUT2D eigenvalue weighted by Gasteiger charge is 2.27. The van der Waals surface area contributed by atoms with Crippen LogP contribution in [-0.4, -0.2) is 25.8 Å². The predicted octanol–water partition coefficient (Wildman–Crippen LogP) is 5.36. The topological polar surface area (TPSA) is 123 Å². The molecule has 0 saturated carbocycles. The predicted molar refractivity (Wildman–Crippen MR) is 141 cm³/mol. The summed E-state index contributed by atoms with van der Waals surface area (Å²) in [5.74, 6) is -1.15. The first-order valence-corrected chi connectivity index (χ1v) is 12.1. The lowest BCUT2D eigenvalue weighted by Crippen LogP contribution is -2.35. The molecule has 37 heavy (non-hydrogen) atoms. The molecule has 5 aromatic rings. The van der Waals surface area contributed by atoms with Crippen molar-refractivity contribution in [2.75, 3.05) is 5.43 Å². The van der Waals surface area contributed by atoms with Gasteiger partial charge < -0.3 is 0 Å². The Morgan fingerprint density at radius 3 is 2.19 bits per heavy atom. The van der Waals surface area contributed by atoms with E-state index in [1.165, 1.54) is 6.33 Å². The number of pyridine rings is 1. The van der Waals surface area contributed by atoms with Crippen LogP contribution in [-0.2, 0) is 4.79 Å². The highest BCUT2D eigenvalue weighted by molar-refractivity contribution is 7.99. The number of benzene rings is 3. The number of nitrogens with zero attached hydrogens (tertiary/aromatic N) is 4. The molecule has 0 spiro atoms. The number of rotatable bonds is 8. The molecule has 0 aliphatic carbocycles. The van der Waals surface area contributed by atoms with Gasteiger partial charge in [-0.15, -0.1) is 0 Å². The van der Waals surface area contributed by atoms with Crippen molar-refractivity contribution in [3.05, 3.63) is 125 Å². The van der Waals surface area contributed by atoms with Crippen LogP contribution in [0.1, 0.15) is 17.0 Å². The van der Waals surface area contributed by atoms with Gasteiger partial charge >= 0.3 is 5.69 Å². The summed E-state index contributed by atoms with van der Waals surface area (Å²) in [4.78, 5) is 38.1. The maximum atomic E-state index is 13.3. The number of carbonyl (C=O) groups excluding carboxylic acids is 1. The summed E-state index contributed by atoms with van der Waals surface area (Å²) >= 11 is 1.11. The van der Waals surface area contributed by atoms with Crippen molar-refractivity contribution in [3.63, 3.8) is 0 Å². The molecule has 5 rings (SSSR count). The van der Waals surface area contributed by atoms with E-state index in [9.17, 15) is 14.9 Å². The second-order valence-corrected chi connectivity index (χ2v) is 8.97. The van der Waals surface area contributed by atoms with Crippen LogP contribution in [0, 0.1) is 10.1 Å². The molecule has 0 fully saturated rings. The van der Waals surface area contributed by atoms with Crippen molar-refractivity contribution in [2.45, 2.75) is 15.8 Å². The monoisotopic (exact) mass is 508 g/mol. The fourth-order valence-corrected chi connectivity index (χ4v) is 4.93. The smallest absolute Gasteiger partial charge is 0.276 e. The molecule has 2 heterocycles. The van der Waals surface area contributed by atoms with E-state index in [2.05, 4.69) is 25.8 Å². The average Bonchev–Trinajstić information content (AvgIpc) is 2.93. The molecule has 0 saturated heterocycles. The molecule has 0 aliphatic heterocycles. The number of nitrogens with one attached hydrogen (secondary N) is 2. The minimum Gasteiger partial charge on any atom is -0.276 e. The minimum atomic E-state index is -0.633. The second kappa shape index (κ2) is 10.8. The summed E-state index contributed by atoms with van der Waals surface area (Å²) in [5.41, 5.74) is 7.19. The normalized spacial score (nSPS) is 10.8. The Morgan fingerprint density at radius 2 is 1.51 bits per heavy atom. The number of hydrogen-bond donors (Lipinski definition) is 2. The molecule has 0 aliphatic rings. The van der Waals surface area contributed by atoms with Crippen molar-refractivity contribution < 1.29 is 9.72 Å². The molecular weight excluding hydrogens is 488 g/mol. The largest absolute Gasteiger partial charge is 0.345 e. The second-order valence-electron chi connectivity index (χ2n) is 7.94. The molecule has 0 radical (unpaired) electrons. The molecule has 2 aromatic heterocycles. The summed E-state index contributed by atoms with van der Waals surface area (Å²) < 4.78 is 0. The van der Waals surface area contributed by atoms with E-state index in [4.69, 9.17) is 0 Å². The lowest BCUT2D eigenvalue weighted by Gasteiger charge is -2.18. The van der Waals surface area contributed by atoms with Gasteiger partial charge in [-0.05, 0) is 23.3 Å². The van der Waals surface area contributed by atoms with Gasteiger partial charge in [0.2, 0.25) is 11.7 Å². The van der Waals surface area contributed by atoms with Gasteiger partial charge in [-0.1, -0.05) is 90.6 Å². The molecule has 182 valence electrons. The molecule has 10 heteroatoms. The zero-order valence-electron chi connectivity index (χ0n) is 19.3. The number of hydrazine groups is 1. The van der Waals surface area contributed by atoms with Crippen LogP contribution in [0.15, 0.2) is 113 Å². The Hall–Kier alpha value is -4.83. The lowest BCUT2D eigenvalue weighted by molar-refractivity contribution is -0.387. The van der Waals surface area contributed by atoms with Gasteiger partial charge in [0.25, 0.3) is 0 Å². The lowest BCUT2D eigenvalue weighted by atomic mass is 9.91. The number of hydrogen-bond acceptors (Lipinski definition) is 8. The Balaban J connectivity index is 1.43. The third-order valence-electron chi connectivity index (χ3n) is 5.61. The first-order chi connectivity index (χ1) is 18.1.